The number of amides is 1. The Bertz CT molecular complexity index is 1500. The molecule has 39 heavy (non-hydrogen) atoms. The molecule has 0 aliphatic heterocycles. The number of benzene rings is 2. The molecule has 2 aromatic heterocycles. The summed E-state index contributed by atoms with van der Waals surface area (Å²) >= 11 is 7.41. The number of ether oxygens (including phenoxy) is 1. The first-order valence-corrected chi connectivity index (χ1v) is 13.9. The molecule has 4 aromatic rings. The van der Waals surface area contributed by atoms with Crippen LogP contribution < -0.4 is 14.8 Å². The molecule has 6 nitrogen and oxygen atoms in total. The summed E-state index contributed by atoms with van der Waals surface area (Å²) in [5.41, 5.74) is 2.48. The molecule has 0 spiro atoms. The van der Waals surface area contributed by atoms with Crippen molar-refractivity contribution in [3.8, 4) is 16.9 Å². The molecule has 1 amide bonds. The topological polar surface area (TPSA) is 68.5 Å². The number of thiophene rings is 1. The highest BCUT2D eigenvalue weighted by atomic mass is 35.5. The molecule has 1 fully saturated rings. The van der Waals surface area contributed by atoms with E-state index in [-0.39, 0.29) is 38.5 Å². The Balaban J connectivity index is 1.55. The summed E-state index contributed by atoms with van der Waals surface area (Å²) in [5.74, 6) is -1.04. The van der Waals surface area contributed by atoms with Crippen LogP contribution in [-0.4, -0.2) is 37.0 Å². The lowest BCUT2D eigenvalue weighted by molar-refractivity contribution is -0.605. The van der Waals surface area contributed by atoms with Gasteiger partial charge in [0.25, 0.3) is 5.91 Å². The van der Waals surface area contributed by atoms with Crippen LogP contribution in [-0.2, 0) is 6.54 Å². The van der Waals surface area contributed by atoms with Crippen molar-refractivity contribution in [2.75, 3.05) is 14.2 Å². The van der Waals surface area contributed by atoms with Crippen LogP contribution in [0, 0.1) is 16.8 Å². The molecule has 10 heteroatoms. The van der Waals surface area contributed by atoms with Gasteiger partial charge in [-0.05, 0) is 68.1 Å². The first kappa shape index (κ1) is 27.3. The van der Waals surface area contributed by atoms with Crippen molar-refractivity contribution in [3.63, 3.8) is 0 Å². The quantitative estimate of drug-likeness (QED) is 0.208. The summed E-state index contributed by atoms with van der Waals surface area (Å²) in [5, 5.41) is 14.7. The number of hydrogen-bond acceptors (Lipinski definition) is 5. The molecule has 204 valence electrons. The Kier molecular flexibility index (Phi) is 8.02. The Hall–Kier alpha value is -3.27. The highest BCUT2D eigenvalue weighted by Crippen LogP contribution is 2.40. The summed E-state index contributed by atoms with van der Waals surface area (Å²) in [6.07, 6.45) is 6.18. The molecule has 5 rings (SSSR count). The van der Waals surface area contributed by atoms with Crippen LogP contribution in [0.3, 0.4) is 0 Å². The number of rotatable bonds is 7. The Labute approximate surface area is 234 Å². The van der Waals surface area contributed by atoms with Gasteiger partial charge in [0.2, 0.25) is 0 Å². The maximum atomic E-state index is 14.6. The average molecular weight is 572 g/mol. The number of aromatic nitrogens is 1. The van der Waals surface area contributed by atoms with Crippen LogP contribution in [0.2, 0.25) is 5.02 Å². The van der Waals surface area contributed by atoms with Crippen LogP contribution in [0.1, 0.15) is 40.9 Å². The summed E-state index contributed by atoms with van der Waals surface area (Å²) in [6, 6.07) is 11.5. The normalized spacial score (nSPS) is 17.4. The first-order valence-electron chi connectivity index (χ1n) is 12.7. The lowest BCUT2D eigenvalue weighted by Crippen LogP contribution is -2.44. The lowest BCUT2D eigenvalue weighted by atomic mass is 9.89. The van der Waals surface area contributed by atoms with E-state index in [0.29, 0.717) is 11.8 Å². The van der Waals surface area contributed by atoms with Gasteiger partial charge in [-0.1, -0.05) is 17.7 Å². The molecule has 2 heterocycles. The zero-order valence-corrected chi connectivity index (χ0v) is 23.1. The molecule has 0 bridgehead atoms. The van der Waals surface area contributed by atoms with Gasteiger partial charge in [0.05, 0.1) is 22.2 Å². The smallest absolute Gasteiger partial charge is 0.266 e. The summed E-state index contributed by atoms with van der Waals surface area (Å²) in [7, 11) is 3.50. The molecule has 1 aliphatic carbocycles. The SMILES string of the molecule is CN[C@H]1CC[C@H](N(Cc2cc(-c3cc[n+]([O-])cc3)ccc2OC)C(=O)c2sc3c(F)ccc(F)c3c2Cl)CC1. The molecular formula is C29H28ClF2N3O3S. The molecule has 1 aliphatic rings. The fourth-order valence-corrected chi connectivity index (χ4v) is 6.78. The fraction of sp³-hybridized carbons (Fsp3) is 0.310. The minimum Gasteiger partial charge on any atom is -0.619 e. The summed E-state index contributed by atoms with van der Waals surface area (Å²) in [6.45, 7) is 0.217. The number of halogens is 3. The van der Waals surface area contributed by atoms with E-state index >= 15 is 0 Å². The number of pyridine rings is 1. The Morgan fingerprint density at radius 3 is 2.44 bits per heavy atom. The van der Waals surface area contributed by atoms with Crippen molar-refractivity contribution in [1.82, 2.24) is 10.2 Å². The fourth-order valence-electron chi connectivity index (χ4n) is 5.28. The predicted molar refractivity (Wildman–Crippen MR) is 149 cm³/mol. The van der Waals surface area contributed by atoms with Crippen LogP contribution in [0.15, 0.2) is 54.9 Å². The van der Waals surface area contributed by atoms with E-state index in [1.165, 1.54) is 12.4 Å². The van der Waals surface area contributed by atoms with Gasteiger partial charge >= 0.3 is 0 Å². The molecule has 0 unspecified atom stereocenters. The third-order valence-electron chi connectivity index (χ3n) is 7.44. The molecular weight excluding hydrogens is 544 g/mol. The first-order chi connectivity index (χ1) is 18.8. The van der Waals surface area contributed by atoms with Gasteiger partial charge in [-0.2, -0.15) is 4.73 Å². The lowest BCUT2D eigenvalue weighted by Gasteiger charge is -2.37. The highest BCUT2D eigenvalue weighted by Gasteiger charge is 2.33. The van der Waals surface area contributed by atoms with Crippen molar-refractivity contribution in [1.29, 1.82) is 0 Å². The zero-order chi connectivity index (χ0) is 27.7. The molecule has 0 atom stereocenters. The Morgan fingerprint density at radius 1 is 1.10 bits per heavy atom. The van der Waals surface area contributed by atoms with Crippen molar-refractivity contribution >= 4 is 38.9 Å². The Morgan fingerprint density at radius 2 is 1.79 bits per heavy atom. The van der Waals surface area contributed by atoms with Crippen molar-refractivity contribution in [2.45, 2.75) is 44.3 Å². The van der Waals surface area contributed by atoms with E-state index in [4.69, 9.17) is 16.3 Å². The van der Waals surface area contributed by atoms with E-state index in [1.807, 2.05) is 25.2 Å². The van der Waals surface area contributed by atoms with Gasteiger partial charge < -0.3 is 20.2 Å². The number of carbonyl (C=O) groups is 1. The van der Waals surface area contributed by atoms with Crippen molar-refractivity contribution in [2.24, 2.45) is 0 Å². The number of nitrogens with one attached hydrogen (secondary N) is 1. The van der Waals surface area contributed by atoms with Gasteiger partial charge in [-0.15, -0.1) is 11.3 Å². The molecule has 0 radical (unpaired) electrons. The van der Waals surface area contributed by atoms with E-state index in [1.54, 1.807) is 24.1 Å². The summed E-state index contributed by atoms with van der Waals surface area (Å²) in [4.78, 5) is 16.0. The van der Waals surface area contributed by atoms with Gasteiger partial charge in [0.1, 0.15) is 22.3 Å². The second-order valence-corrected chi connectivity index (χ2v) is 11.1. The molecule has 1 N–H and O–H groups in total. The van der Waals surface area contributed by atoms with Crippen LogP contribution in [0.5, 0.6) is 5.75 Å². The van der Waals surface area contributed by atoms with Crippen molar-refractivity contribution < 1.29 is 23.0 Å². The second-order valence-electron chi connectivity index (χ2n) is 9.68. The third kappa shape index (κ3) is 5.44. The number of nitrogens with zero attached hydrogens (tertiary/aromatic N) is 2. The number of fused-ring (bicyclic) bond motifs is 1. The molecule has 1 saturated carbocycles. The maximum absolute atomic E-state index is 14.6. The molecule has 2 aromatic carbocycles. The molecule has 0 saturated heterocycles. The largest absolute Gasteiger partial charge is 0.619 e. The van der Waals surface area contributed by atoms with Crippen LogP contribution in [0.4, 0.5) is 8.78 Å². The maximum Gasteiger partial charge on any atom is 0.266 e. The van der Waals surface area contributed by atoms with Crippen molar-refractivity contribution in [3.05, 3.63) is 87.2 Å². The minimum absolute atomic E-state index is 0.0291. The van der Waals surface area contributed by atoms with E-state index in [2.05, 4.69) is 5.32 Å². The number of methoxy groups -OCH3 is 1. The highest BCUT2D eigenvalue weighted by molar-refractivity contribution is 7.21. The summed E-state index contributed by atoms with van der Waals surface area (Å²) < 4.78 is 35.5. The standard InChI is InChI=1S/C29H28ClF2N3O3S/c1-33-20-4-6-21(7-5-20)35(29(36)28-26(30)25-22(31)8-9-23(32)27(25)39-28)16-19-15-18(3-10-24(19)38-2)17-11-13-34(37)14-12-17/h3,8-15,20-21,33H,4-7,16H2,1-2H3/t20-,21-. The van der Waals surface area contributed by atoms with E-state index in [9.17, 15) is 18.8 Å². The van der Waals surface area contributed by atoms with Gasteiger partial charge in [0.15, 0.2) is 12.4 Å². The minimum atomic E-state index is -0.663. The predicted octanol–water partition coefficient (Wildman–Crippen LogP) is 6.31. The van der Waals surface area contributed by atoms with Gasteiger partial charge in [-0.25, -0.2) is 8.78 Å². The number of carbonyl (C=O) groups excluding carboxylic acids is 1. The van der Waals surface area contributed by atoms with Crippen LogP contribution >= 0.6 is 22.9 Å². The zero-order valence-electron chi connectivity index (χ0n) is 21.5. The second kappa shape index (κ2) is 11.5. The van der Waals surface area contributed by atoms with Gasteiger partial charge in [-0.3, -0.25) is 4.79 Å². The van der Waals surface area contributed by atoms with Crippen LogP contribution in [0.25, 0.3) is 21.2 Å². The number of hydrogen-bond donors (Lipinski definition) is 1. The monoisotopic (exact) mass is 571 g/mol. The van der Waals surface area contributed by atoms with E-state index < -0.39 is 11.6 Å². The van der Waals surface area contributed by atoms with Gasteiger partial charge in [0, 0.05) is 36.3 Å². The third-order valence-corrected chi connectivity index (χ3v) is 9.12. The average Bonchev–Trinajstić information content (AvgIpc) is 3.32. The van der Waals surface area contributed by atoms with E-state index in [0.717, 1.165) is 70.6 Å².